The SMILES string of the molecule is CCC1CCN(C)C(=N/N)/N=C\CCC23CCC2C2CCC3C23CCN1CC(C)C3. The molecular weight excluding hydrogens is 370 g/mol. The predicted molar refractivity (Wildman–Crippen MR) is 124 cm³/mol. The van der Waals surface area contributed by atoms with Gasteiger partial charge in [-0.2, -0.15) is 0 Å². The molecule has 5 heteroatoms. The van der Waals surface area contributed by atoms with Crippen LogP contribution in [0.5, 0.6) is 0 Å². The second-order valence-electron chi connectivity index (χ2n) is 11.5. The van der Waals surface area contributed by atoms with Crippen molar-refractivity contribution in [2.45, 2.75) is 84.1 Å². The molecule has 0 aromatic carbocycles. The third-order valence-electron chi connectivity index (χ3n) is 10.4. The third-order valence-corrected chi connectivity index (χ3v) is 10.4. The molecule has 168 valence electrons. The second-order valence-corrected chi connectivity index (χ2v) is 11.5. The molecule has 8 atom stereocenters. The van der Waals surface area contributed by atoms with Gasteiger partial charge >= 0.3 is 0 Å². The topological polar surface area (TPSA) is 57.2 Å². The first kappa shape index (κ1) is 20.8. The highest BCUT2D eigenvalue weighted by Crippen LogP contribution is 2.79. The van der Waals surface area contributed by atoms with E-state index in [1.54, 1.807) is 0 Å². The van der Waals surface area contributed by atoms with Crippen LogP contribution in [0.15, 0.2) is 10.1 Å². The number of hydrogen-bond acceptors (Lipinski definition) is 3. The fourth-order valence-corrected chi connectivity index (χ4v) is 9.28. The standard InChI is InChI=1S/C25H43N5/c1-4-19-9-14-29(3)23(28-26)27-13-5-10-24-11-8-21(24)20-6-7-22(24)25(20)12-15-30(19)17-18(2)16-25/h13,18-22H,4-12,14-17,26H2,1-3H3/b27-13-,28-23+. The highest BCUT2D eigenvalue weighted by atomic mass is 15.3. The minimum absolute atomic E-state index is 0.625. The first-order chi connectivity index (χ1) is 14.5. The van der Waals surface area contributed by atoms with Gasteiger partial charge in [-0.1, -0.05) is 13.8 Å². The van der Waals surface area contributed by atoms with Crippen molar-refractivity contribution in [2.24, 2.45) is 50.4 Å². The van der Waals surface area contributed by atoms with Crippen LogP contribution in [-0.4, -0.2) is 54.7 Å². The summed E-state index contributed by atoms with van der Waals surface area (Å²) in [7, 11) is 2.09. The Labute approximate surface area is 183 Å². The molecule has 2 aliphatic heterocycles. The zero-order valence-electron chi connectivity index (χ0n) is 19.5. The molecule has 0 aromatic heterocycles. The highest BCUT2D eigenvalue weighted by Gasteiger charge is 2.72. The van der Waals surface area contributed by atoms with Gasteiger partial charge < -0.3 is 15.6 Å². The predicted octanol–water partition coefficient (Wildman–Crippen LogP) is 4.34. The van der Waals surface area contributed by atoms with Crippen LogP contribution in [0.4, 0.5) is 0 Å². The molecule has 5 nitrogen and oxygen atoms in total. The van der Waals surface area contributed by atoms with Crippen molar-refractivity contribution in [3.8, 4) is 0 Å². The van der Waals surface area contributed by atoms with Gasteiger partial charge in [0, 0.05) is 32.4 Å². The first-order valence-electron chi connectivity index (χ1n) is 12.8. The Kier molecular flexibility index (Phi) is 5.40. The van der Waals surface area contributed by atoms with Gasteiger partial charge in [-0.25, -0.2) is 4.99 Å². The lowest BCUT2D eigenvalue weighted by Gasteiger charge is -2.53. The number of aliphatic imine (C=N–C) groups is 1. The van der Waals surface area contributed by atoms with E-state index < -0.39 is 0 Å². The monoisotopic (exact) mass is 413 g/mol. The lowest BCUT2D eigenvalue weighted by atomic mass is 9.52. The summed E-state index contributed by atoms with van der Waals surface area (Å²) >= 11 is 0. The number of fused-ring (bicyclic) bond motifs is 3. The van der Waals surface area contributed by atoms with Crippen LogP contribution in [0.3, 0.4) is 0 Å². The molecule has 4 fully saturated rings. The Balaban J connectivity index is 1.49. The first-order valence-corrected chi connectivity index (χ1v) is 12.8. The Hall–Kier alpha value is -1.10. The maximum Gasteiger partial charge on any atom is 0.241 e. The van der Waals surface area contributed by atoms with Crippen LogP contribution < -0.4 is 5.84 Å². The zero-order chi connectivity index (χ0) is 20.9. The summed E-state index contributed by atoms with van der Waals surface area (Å²) in [5, 5.41) is 4.00. The van der Waals surface area contributed by atoms with Gasteiger partial charge in [-0.15, -0.1) is 5.10 Å². The van der Waals surface area contributed by atoms with E-state index in [2.05, 4.69) is 42.0 Å². The van der Waals surface area contributed by atoms with Crippen molar-refractivity contribution < 1.29 is 0 Å². The molecule has 3 saturated carbocycles. The number of nitrogens with zero attached hydrogens (tertiary/aromatic N) is 4. The van der Waals surface area contributed by atoms with Gasteiger partial charge in [0.2, 0.25) is 5.96 Å². The van der Waals surface area contributed by atoms with Gasteiger partial charge in [-0.3, -0.25) is 0 Å². The van der Waals surface area contributed by atoms with Crippen LogP contribution in [0.25, 0.3) is 0 Å². The summed E-state index contributed by atoms with van der Waals surface area (Å²) in [5.74, 6) is 10.2. The number of hydrazone groups is 1. The fraction of sp³-hybridized carbons (Fsp3) is 0.920. The molecular formula is C25H43N5. The van der Waals surface area contributed by atoms with Crippen LogP contribution in [0, 0.1) is 34.5 Å². The summed E-state index contributed by atoms with van der Waals surface area (Å²) in [6, 6.07) is 0.655. The van der Waals surface area contributed by atoms with Gasteiger partial charge in [0.25, 0.3) is 0 Å². The molecule has 0 amide bonds. The van der Waals surface area contributed by atoms with E-state index in [-0.39, 0.29) is 0 Å². The smallest absolute Gasteiger partial charge is 0.241 e. The van der Waals surface area contributed by atoms with Crippen LogP contribution in [0.1, 0.15) is 78.1 Å². The van der Waals surface area contributed by atoms with E-state index in [0.717, 1.165) is 36.6 Å². The molecule has 8 unspecified atom stereocenters. The van der Waals surface area contributed by atoms with Gasteiger partial charge in [0.05, 0.1) is 0 Å². The Bertz CT molecular complexity index is 704. The average molecular weight is 414 g/mol. The summed E-state index contributed by atoms with van der Waals surface area (Å²) in [4.78, 5) is 9.72. The molecule has 5 aliphatic rings. The van der Waals surface area contributed by atoms with Crippen LogP contribution in [-0.2, 0) is 0 Å². The molecule has 5 rings (SSSR count). The van der Waals surface area contributed by atoms with Crippen molar-refractivity contribution in [3.05, 3.63) is 0 Å². The van der Waals surface area contributed by atoms with E-state index in [1.165, 1.54) is 70.9 Å². The Morgan fingerprint density at radius 1 is 1.10 bits per heavy atom. The summed E-state index contributed by atoms with van der Waals surface area (Å²) < 4.78 is 0. The van der Waals surface area contributed by atoms with Gasteiger partial charge in [0.15, 0.2) is 0 Å². The Morgan fingerprint density at radius 3 is 2.67 bits per heavy atom. The van der Waals surface area contributed by atoms with Crippen molar-refractivity contribution in [3.63, 3.8) is 0 Å². The number of guanidine groups is 1. The summed E-state index contributed by atoms with van der Waals surface area (Å²) in [6.45, 7) is 8.50. The summed E-state index contributed by atoms with van der Waals surface area (Å²) in [5.41, 5.74) is 1.27. The molecule has 2 N–H and O–H groups in total. The van der Waals surface area contributed by atoms with E-state index in [0.29, 0.717) is 22.8 Å². The van der Waals surface area contributed by atoms with E-state index in [9.17, 15) is 0 Å². The van der Waals surface area contributed by atoms with Crippen LogP contribution >= 0.6 is 0 Å². The van der Waals surface area contributed by atoms with E-state index >= 15 is 0 Å². The Morgan fingerprint density at radius 2 is 1.93 bits per heavy atom. The maximum atomic E-state index is 5.71. The second kappa shape index (κ2) is 7.79. The molecule has 2 heterocycles. The molecule has 30 heavy (non-hydrogen) atoms. The van der Waals surface area contributed by atoms with E-state index in [1.807, 2.05) is 0 Å². The number of nitrogens with two attached hydrogens (primary N) is 1. The average Bonchev–Trinajstić information content (AvgIpc) is 3.01. The molecule has 0 aromatic rings. The molecule has 2 spiro atoms. The van der Waals surface area contributed by atoms with Crippen LogP contribution in [0.2, 0.25) is 0 Å². The van der Waals surface area contributed by atoms with Crippen molar-refractivity contribution >= 4 is 12.2 Å². The summed E-state index contributed by atoms with van der Waals surface area (Å²) in [6.07, 6.45) is 15.9. The van der Waals surface area contributed by atoms with Crippen molar-refractivity contribution in [1.82, 2.24) is 9.80 Å². The largest absolute Gasteiger partial charge is 0.343 e. The lowest BCUT2D eigenvalue weighted by Crippen LogP contribution is -2.45. The normalized spacial score (nSPS) is 51.0. The maximum absolute atomic E-state index is 5.71. The minimum Gasteiger partial charge on any atom is -0.343 e. The fourth-order valence-electron chi connectivity index (χ4n) is 9.28. The zero-order valence-corrected chi connectivity index (χ0v) is 19.5. The van der Waals surface area contributed by atoms with Crippen molar-refractivity contribution in [1.29, 1.82) is 0 Å². The highest BCUT2D eigenvalue weighted by molar-refractivity contribution is 5.87. The molecule has 3 aliphatic carbocycles. The molecule has 0 radical (unpaired) electrons. The minimum atomic E-state index is 0.625. The number of hydrogen-bond donors (Lipinski definition) is 1. The van der Waals surface area contributed by atoms with Gasteiger partial charge in [-0.05, 0) is 105 Å². The number of rotatable bonds is 1. The van der Waals surface area contributed by atoms with E-state index in [4.69, 9.17) is 10.8 Å². The lowest BCUT2D eigenvalue weighted by molar-refractivity contribution is -0.0341. The molecule has 5 bridgehead atoms. The van der Waals surface area contributed by atoms with Crippen molar-refractivity contribution in [2.75, 3.05) is 26.7 Å². The molecule has 1 saturated heterocycles. The van der Waals surface area contributed by atoms with Gasteiger partial charge in [0.1, 0.15) is 0 Å². The third kappa shape index (κ3) is 2.97. The quantitative estimate of drug-likeness (QED) is 0.514.